The first-order chi connectivity index (χ1) is 10.1. The Bertz CT molecular complexity index is 828. The topological polar surface area (TPSA) is 42.0 Å². The van der Waals surface area contributed by atoms with Gasteiger partial charge in [0, 0.05) is 17.1 Å². The summed E-state index contributed by atoms with van der Waals surface area (Å²) in [7, 11) is 0. The van der Waals surface area contributed by atoms with Crippen LogP contribution >= 0.6 is 23.2 Å². The highest BCUT2D eigenvalue weighted by Crippen LogP contribution is 2.24. The summed E-state index contributed by atoms with van der Waals surface area (Å²) in [5, 5.41) is 4.57. The Morgan fingerprint density at radius 1 is 1.00 bits per heavy atom. The van der Waals surface area contributed by atoms with Gasteiger partial charge in [-0.15, -0.1) is 0 Å². The minimum Gasteiger partial charge on any atom is -0.320 e. The number of rotatable bonds is 2. The lowest BCUT2D eigenvalue weighted by atomic mass is 10.1. The van der Waals surface area contributed by atoms with Gasteiger partial charge in [-0.05, 0) is 30.3 Å². The molecule has 0 bridgehead atoms. The summed E-state index contributed by atoms with van der Waals surface area (Å²) in [6, 6.07) is 14.2. The molecule has 0 saturated carbocycles. The summed E-state index contributed by atoms with van der Waals surface area (Å²) in [6.45, 7) is 0. The molecule has 104 valence electrons. The van der Waals surface area contributed by atoms with Crippen molar-refractivity contribution in [2.24, 2.45) is 0 Å². The lowest BCUT2D eigenvalue weighted by Crippen LogP contribution is -2.12. The largest absolute Gasteiger partial charge is 0.320 e. The monoisotopic (exact) mass is 316 g/mol. The maximum absolute atomic E-state index is 12.3. The maximum Gasteiger partial charge on any atom is 0.255 e. The van der Waals surface area contributed by atoms with E-state index in [0.717, 1.165) is 10.9 Å². The molecule has 5 heteroatoms. The third kappa shape index (κ3) is 2.84. The van der Waals surface area contributed by atoms with Crippen LogP contribution in [0.15, 0.2) is 54.7 Å². The van der Waals surface area contributed by atoms with Crippen molar-refractivity contribution in [2.75, 3.05) is 5.32 Å². The summed E-state index contributed by atoms with van der Waals surface area (Å²) >= 11 is 11.8. The van der Waals surface area contributed by atoms with Crippen molar-refractivity contribution in [3.05, 3.63) is 70.3 Å². The van der Waals surface area contributed by atoms with Gasteiger partial charge in [0.1, 0.15) is 0 Å². The van der Waals surface area contributed by atoms with Gasteiger partial charge in [0.25, 0.3) is 5.91 Å². The number of carbonyl (C=O) groups is 1. The molecular weight excluding hydrogens is 307 g/mol. The Balaban J connectivity index is 1.94. The average Bonchev–Trinajstić information content (AvgIpc) is 2.50. The molecule has 3 nitrogen and oxygen atoms in total. The number of halogens is 2. The van der Waals surface area contributed by atoms with Crippen molar-refractivity contribution in [1.82, 2.24) is 4.98 Å². The lowest BCUT2D eigenvalue weighted by Gasteiger charge is -2.08. The molecule has 2 aromatic carbocycles. The molecule has 1 heterocycles. The highest BCUT2D eigenvalue weighted by atomic mass is 35.5. The van der Waals surface area contributed by atoms with E-state index in [4.69, 9.17) is 23.2 Å². The number of amides is 1. The van der Waals surface area contributed by atoms with E-state index in [9.17, 15) is 4.79 Å². The van der Waals surface area contributed by atoms with Gasteiger partial charge >= 0.3 is 0 Å². The van der Waals surface area contributed by atoms with Crippen molar-refractivity contribution in [3.8, 4) is 0 Å². The molecule has 0 aliphatic heterocycles. The zero-order valence-electron chi connectivity index (χ0n) is 10.8. The van der Waals surface area contributed by atoms with Gasteiger partial charge in [0.15, 0.2) is 0 Å². The average molecular weight is 317 g/mol. The fourth-order valence-electron chi connectivity index (χ4n) is 2.04. The van der Waals surface area contributed by atoms with Crippen LogP contribution in [0.4, 0.5) is 5.69 Å². The van der Waals surface area contributed by atoms with Crippen LogP contribution in [-0.2, 0) is 0 Å². The molecule has 0 atom stereocenters. The van der Waals surface area contributed by atoms with E-state index in [1.165, 1.54) is 6.07 Å². The van der Waals surface area contributed by atoms with Crippen LogP contribution in [0, 0.1) is 0 Å². The van der Waals surface area contributed by atoms with E-state index in [0.29, 0.717) is 21.3 Å². The summed E-state index contributed by atoms with van der Waals surface area (Å²) in [6.07, 6.45) is 1.69. The Morgan fingerprint density at radius 2 is 1.81 bits per heavy atom. The summed E-state index contributed by atoms with van der Waals surface area (Å²) in [5.74, 6) is -0.258. The third-order valence-corrected chi connectivity index (χ3v) is 3.80. The molecule has 1 N–H and O–H groups in total. The molecule has 0 aliphatic carbocycles. The number of benzene rings is 2. The molecule has 0 aliphatic rings. The number of carbonyl (C=O) groups excluding carboxylic acids is 1. The Kier molecular flexibility index (Phi) is 3.78. The van der Waals surface area contributed by atoms with Crippen molar-refractivity contribution in [3.63, 3.8) is 0 Å². The fourth-order valence-corrected chi connectivity index (χ4v) is 2.34. The number of hydrogen-bond donors (Lipinski definition) is 1. The molecule has 0 saturated heterocycles. The van der Waals surface area contributed by atoms with E-state index in [2.05, 4.69) is 10.3 Å². The van der Waals surface area contributed by atoms with Crippen LogP contribution < -0.4 is 5.32 Å². The zero-order valence-corrected chi connectivity index (χ0v) is 12.3. The van der Waals surface area contributed by atoms with Gasteiger partial charge < -0.3 is 5.32 Å². The highest BCUT2D eigenvalue weighted by Gasteiger charge is 2.10. The molecule has 1 amide bonds. The molecular formula is C16H10Cl2N2O. The number of nitrogens with zero attached hydrogens (tertiary/aromatic N) is 1. The van der Waals surface area contributed by atoms with E-state index < -0.39 is 0 Å². The highest BCUT2D eigenvalue weighted by molar-refractivity contribution is 6.42. The van der Waals surface area contributed by atoms with Crippen molar-refractivity contribution in [2.45, 2.75) is 0 Å². The Morgan fingerprint density at radius 3 is 2.62 bits per heavy atom. The second-order valence-corrected chi connectivity index (χ2v) is 5.28. The van der Waals surface area contributed by atoms with E-state index in [1.807, 2.05) is 30.3 Å². The quantitative estimate of drug-likeness (QED) is 0.738. The number of hydrogen-bond acceptors (Lipinski definition) is 2. The molecule has 3 rings (SSSR count). The summed E-state index contributed by atoms with van der Waals surface area (Å²) in [4.78, 5) is 16.6. The Labute approximate surface area is 131 Å². The van der Waals surface area contributed by atoms with Gasteiger partial charge in [0.2, 0.25) is 0 Å². The standard InChI is InChI=1S/C16H10Cl2N2O/c17-12-7-6-11(9-13(12)18)16(21)20-14-5-1-3-10-4-2-8-19-15(10)14/h1-9H,(H,20,21). The summed E-state index contributed by atoms with van der Waals surface area (Å²) in [5.41, 5.74) is 1.84. The molecule has 1 aromatic heterocycles. The van der Waals surface area contributed by atoms with Gasteiger partial charge in [0.05, 0.1) is 21.2 Å². The van der Waals surface area contributed by atoms with Crippen molar-refractivity contribution >= 4 is 45.7 Å². The number of anilines is 1. The SMILES string of the molecule is O=C(Nc1cccc2cccnc12)c1ccc(Cl)c(Cl)c1. The van der Waals surface area contributed by atoms with Crippen molar-refractivity contribution in [1.29, 1.82) is 0 Å². The normalized spacial score (nSPS) is 10.6. The van der Waals surface area contributed by atoms with Crippen LogP contribution in [0.5, 0.6) is 0 Å². The van der Waals surface area contributed by atoms with E-state index in [-0.39, 0.29) is 5.91 Å². The van der Waals surface area contributed by atoms with Gasteiger partial charge in [-0.25, -0.2) is 0 Å². The van der Waals surface area contributed by atoms with Crippen molar-refractivity contribution < 1.29 is 4.79 Å². The smallest absolute Gasteiger partial charge is 0.255 e. The second-order valence-electron chi connectivity index (χ2n) is 4.46. The molecule has 21 heavy (non-hydrogen) atoms. The van der Waals surface area contributed by atoms with E-state index >= 15 is 0 Å². The molecule has 0 spiro atoms. The number of pyridine rings is 1. The minimum absolute atomic E-state index is 0.258. The van der Waals surface area contributed by atoms with Crippen LogP contribution in [0.3, 0.4) is 0 Å². The Hall–Kier alpha value is -2.10. The number of nitrogens with one attached hydrogen (secondary N) is 1. The summed E-state index contributed by atoms with van der Waals surface area (Å²) < 4.78 is 0. The van der Waals surface area contributed by atoms with E-state index in [1.54, 1.807) is 18.3 Å². The minimum atomic E-state index is -0.258. The first kappa shape index (κ1) is 13.9. The predicted octanol–water partition coefficient (Wildman–Crippen LogP) is 4.79. The lowest BCUT2D eigenvalue weighted by molar-refractivity contribution is 0.102. The van der Waals surface area contributed by atoms with Crippen LogP contribution in [0.25, 0.3) is 10.9 Å². The number of aromatic nitrogens is 1. The van der Waals surface area contributed by atoms with Gasteiger partial charge in [-0.3, -0.25) is 9.78 Å². The maximum atomic E-state index is 12.3. The first-order valence-electron chi connectivity index (χ1n) is 6.25. The van der Waals surface area contributed by atoms with Crippen LogP contribution in [0.2, 0.25) is 10.0 Å². The zero-order chi connectivity index (χ0) is 14.8. The molecule has 3 aromatic rings. The number of para-hydroxylation sites is 1. The molecule has 0 unspecified atom stereocenters. The van der Waals surface area contributed by atoms with Crippen LogP contribution in [0.1, 0.15) is 10.4 Å². The molecule has 0 radical (unpaired) electrons. The van der Waals surface area contributed by atoms with Gasteiger partial charge in [-0.1, -0.05) is 41.4 Å². The number of fused-ring (bicyclic) bond motifs is 1. The second kappa shape index (κ2) is 5.72. The predicted molar refractivity (Wildman–Crippen MR) is 86.2 cm³/mol. The third-order valence-electron chi connectivity index (χ3n) is 3.06. The fraction of sp³-hybridized carbons (Fsp3) is 0. The molecule has 0 fully saturated rings. The van der Waals surface area contributed by atoms with Crippen LogP contribution in [-0.4, -0.2) is 10.9 Å². The van der Waals surface area contributed by atoms with Gasteiger partial charge in [-0.2, -0.15) is 0 Å². The first-order valence-corrected chi connectivity index (χ1v) is 7.01.